The van der Waals surface area contributed by atoms with E-state index in [0.717, 1.165) is 55.7 Å². The molecule has 0 amide bonds. The Morgan fingerprint density at radius 1 is 0.551 bits per heavy atom. The van der Waals surface area contributed by atoms with Gasteiger partial charge in [-0.1, -0.05) is 77.9 Å². The first kappa shape index (κ1) is 35.1. The summed E-state index contributed by atoms with van der Waals surface area (Å²) in [6, 6.07) is 49.7. The third kappa shape index (κ3) is 8.83. The van der Waals surface area contributed by atoms with Gasteiger partial charge in [-0.3, -0.25) is 0 Å². The standard InChI is InChI=1S/C20H16NO.2C12H10N.Ir/c1-13(2)14-10-11-21-18(12-14)17-8-5-7-16-15-6-3-4-9-19(15)22-20(16)17;2*1-10-7-8-13-12(9-10)11-5-3-2-4-6-11;/h3-7,9-13H,1-2H3;2*2-5,7-9H,1H3;/q3*-1;+3. The van der Waals surface area contributed by atoms with Crippen LogP contribution < -0.4 is 0 Å². The monoisotopic (exact) mass is 815 g/mol. The fourth-order valence-corrected chi connectivity index (χ4v) is 5.30. The van der Waals surface area contributed by atoms with Crippen molar-refractivity contribution in [3.8, 4) is 33.8 Å². The van der Waals surface area contributed by atoms with Gasteiger partial charge in [0.05, 0.1) is 5.58 Å². The van der Waals surface area contributed by atoms with Crippen LogP contribution in [0.3, 0.4) is 0 Å². The summed E-state index contributed by atoms with van der Waals surface area (Å²) in [5.74, 6) is 0.469. The van der Waals surface area contributed by atoms with E-state index in [1.54, 1.807) is 0 Å². The summed E-state index contributed by atoms with van der Waals surface area (Å²) in [6.07, 6.45) is 5.51. The predicted octanol–water partition coefficient (Wildman–Crippen LogP) is 11.3. The van der Waals surface area contributed by atoms with E-state index in [1.165, 1.54) is 16.7 Å². The minimum absolute atomic E-state index is 0. The molecule has 0 saturated carbocycles. The van der Waals surface area contributed by atoms with Crippen LogP contribution in [0, 0.1) is 32.0 Å². The normalized spacial score (nSPS) is 10.5. The van der Waals surface area contributed by atoms with Crippen LogP contribution in [0.25, 0.3) is 55.7 Å². The van der Waals surface area contributed by atoms with E-state index < -0.39 is 0 Å². The molecule has 4 aromatic carbocycles. The molecule has 0 atom stereocenters. The molecule has 8 aromatic rings. The number of benzene rings is 4. The van der Waals surface area contributed by atoms with Crippen molar-refractivity contribution >= 4 is 21.9 Å². The van der Waals surface area contributed by atoms with Gasteiger partial charge in [0, 0.05) is 24.0 Å². The van der Waals surface area contributed by atoms with Gasteiger partial charge in [0.2, 0.25) is 0 Å². The average Bonchev–Trinajstić information content (AvgIpc) is 3.52. The smallest absolute Gasteiger partial charge is 0.501 e. The molecule has 8 rings (SSSR count). The Hall–Kier alpha value is -5.22. The van der Waals surface area contributed by atoms with Gasteiger partial charge in [-0.15, -0.1) is 90.0 Å². The van der Waals surface area contributed by atoms with Gasteiger partial charge in [-0.25, -0.2) is 0 Å². The SMILES string of the molecule is CC(C)c1ccnc(-c2[c-]ccc3c2oc2ccccc23)c1.Cc1ccnc(-c2[c-]cccc2)c1.Cc1ccnc(-c2[c-]cccc2)c1.[Ir+3]. The largest absolute Gasteiger partial charge is 3.00 e. The molecule has 0 fully saturated rings. The van der Waals surface area contributed by atoms with E-state index in [0.29, 0.717) is 5.92 Å². The molecule has 0 spiro atoms. The Kier molecular flexibility index (Phi) is 12.0. The Balaban J connectivity index is 0.000000150. The first-order valence-corrected chi connectivity index (χ1v) is 16.0. The van der Waals surface area contributed by atoms with Crippen LogP contribution in [0.1, 0.15) is 36.5 Å². The molecule has 49 heavy (non-hydrogen) atoms. The predicted molar refractivity (Wildman–Crippen MR) is 196 cm³/mol. The van der Waals surface area contributed by atoms with E-state index in [1.807, 2.05) is 104 Å². The van der Waals surface area contributed by atoms with Gasteiger partial charge in [0.25, 0.3) is 0 Å². The fraction of sp³-hybridized carbons (Fsp3) is 0.114. The Morgan fingerprint density at radius 3 is 1.69 bits per heavy atom. The first-order chi connectivity index (χ1) is 23.5. The van der Waals surface area contributed by atoms with Crippen LogP contribution in [0.2, 0.25) is 0 Å². The maximum atomic E-state index is 6.07. The van der Waals surface area contributed by atoms with Gasteiger partial charge in [0.15, 0.2) is 0 Å². The summed E-state index contributed by atoms with van der Waals surface area (Å²) in [6.45, 7) is 8.50. The van der Waals surface area contributed by atoms with Gasteiger partial charge in [-0.2, -0.15) is 0 Å². The first-order valence-electron chi connectivity index (χ1n) is 16.0. The number of aryl methyl sites for hydroxylation is 2. The van der Waals surface area contributed by atoms with Crippen molar-refractivity contribution in [1.82, 2.24) is 15.0 Å². The molecule has 4 nitrogen and oxygen atoms in total. The Labute approximate surface area is 302 Å². The average molecular weight is 815 g/mol. The molecule has 0 aliphatic carbocycles. The molecule has 0 aliphatic rings. The van der Waals surface area contributed by atoms with Crippen LogP contribution in [-0.2, 0) is 20.1 Å². The molecule has 0 radical (unpaired) electrons. The number of para-hydroxylation sites is 1. The van der Waals surface area contributed by atoms with Crippen LogP contribution in [0.4, 0.5) is 0 Å². The summed E-state index contributed by atoms with van der Waals surface area (Å²) in [5.41, 5.74) is 11.4. The number of pyridine rings is 3. The van der Waals surface area contributed by atoms with Crippen LogP contribution in [-0.4, -0.2) is 15.0 Å². The van der Waals surface area contributed by atoms with E-state index in [-0.39, 0.29) is 20.1 Å². The third-order valence-corrected chi connectivity index (χ3v) is 7.85. The Morgan fingerprint density at radius 2 is 1.12 bits per heavy atom. The van der Waals surface area contributed by atoms with Crippen LogP contribution in [0.15, 0.2) is 144 Å². The zero-order valence-electron chi connectivity index (χ0n) is 27.9. The summed E-state index contributed by atoms with van der Waals surface area (Å²) >= 11 is 0. The van der Waals surface area contributed by atoms with Crippen molar-refractivity contribution in [2.24, 2.45) is 0 Å². The quantitative estimate of drug-likeness (QED) is 0.166. The number of aromatic nitrogens is 3. The molecular weight excluding hydrogens is 779 g/mol. The zero-order valence-corrected chi connectivity index (χ0v) is 30.3. The molecular formula is C44H36IrN3O. The second-order valence-corrected chi connectivity index (χ2v) is 11.8. The zero-order chi connectivity index (χ0) is 33.3. The second-order valence-electron chi connectivity index (χ2n) is 11.8. The molecule has 0 bridgehead atoms. The molecule has 0 saturated heterocycles. The fourth-order valence-electron chi connectivity index (χ4n) is 5.30. The van der Waals surface area contributed by atoms with Crippen molar-refractivity contribution < 1.29 is 24.5 Å². The number of rotatable bonds is 4. The second kappa shape index (κ2) is 16.7. The molecule has 4 heterocycles. The molecule has 0 N–H and O–H groups in total. The summed E-state index contributed by atoms with van der Waals surface area (Å²) < 4.78 is 6.07. The van der Waals surface area contributed by atoms with Gasteiger partial charge >= 0.3 is 20.1 Å². The Bertz CT molecular complexity index is 2160. The molecule has 0 aliphatic heterocycles. The molecule has 5 heteroatoms. The number of hydrogen-bond donors (Lipinski definition) is 0. The van der Waals surface area contributed by atoms with E-state index in [2.05, 4.69) is 97.2 Å². The van der Waals surface area contributed by atoms with Crippen molar-refractivity contribution in [3.63, 3.8) is 0 Å². The number of fused-ring (bicyclic) bond motifs is 3. The van der Waals surface area contributed by atoms with Gasteiger partial charge < -0.3 is 19.4 Å². The van der Waals surface area contributed by atoms with E-state index in [9.17, 15) is 0 Å². The van der Waals surface area contributed by atoms with Crippen molar-refractivity contribution in [1.29, 1.82) is 0 Å². The summed E-state index contributed by atoms with van der Waals surface area (Å²) in [4.78, 5) is 13.1. The van der Waals surface area contributed by atoms with Crippen LogP contribution >= 0.6 is 0 Å². The third-order valence-electron chi connectivity index (χ3n) is 7.85. The van der Waals surface area contributed by atoms with Crippen LogP contribution in [0.5, 0.6) is 0 Å². The van der Waals surface area contributed by atoms with Crippen molar-refractivity contribution in [2.45, 2.75) is 33.6 Å². The van der Waals surface area contributed by atoms with Gasteiger partial charge in [0.1, 0.15) is 5.58 Å². The number of furan rings is 1. The minimum Gasteiger partial charge on any atom is -0.501 e. The summed E-state index contributed by atoms with van der Waals surface area (Å²) in [5, 5.41) is 2.24. The molecule has 4 aromatic heterocycles. The maximum Gasteiger partial charge on any atom is 3.00 e. The van der Waals surface area contributed by atoms with Gasteiger partial charge in [-0.05, 0) is 61.1 Å². The van der Waals surface area contributed by atoms with Crippen molar-refractivity contribution in [3.05, 3.63) is 175 Å². The van der Waals surface area contributed by atoms with E-state index in [4.69, 9.17) is 4.42 Å². The molecule has 242 valence electrons. The minimum atomic E-state index is 0. The van der Waals surface area contributed by atoms with Crippen molar-refractivity contribution in [2.75, 3.05) is 0 Å². The topological polar surface area (TPSA) is 51.8 Å². The van der Waals surface area contributed by atoms with E-state index >= 15 is 0 Å². The maximum absolute atomic E-state index is 6.07. The number of nitrogens with zero attached hydrogens (tertiary/aromatic N) is 3. The summed E-state index contributed by atoms with van der Waals surface area (Å²) in [7, 11) is 0. The number of hydrogen-bond acceptors (Lipinski definition) is 4. The molecule has 0 unspecified atom stereocenters.